The van der Waals surface area contributed by atoms with Gasteiger partial charge in [-0.2, -0.15) is 0 Å². The van der Waals surface area contributed by atoms with Crippen LogP contribution in [0.25, 0.3) is 6.08 Å². The van der Waals surface area contributed by atoms with Crippen LogP contribution in [-0.4, -0.2) is 26.3 Å². The van der Waals surface area contributed by atoms with Gasteiger partial charge in [0.25, 0.3) is 15.9 Å². The number of sulfonamides is 1. The molecule has 136 valence electrons. The molecule has 0 saturated heterocycles. The van der Waals surface area contributed by atoms with E-state index in [2.05, 4.69) is 5.32 Å². The maximum absolute atomic E-state index is 12.0. The minimum Gasteiger partial charge on any atom is -0.349 e. The maximum Gasteiger partial charge on any atom is 0.257 e. The van der Waals surface area contributed by atoms with E-state index < -0.39 is 22.0 Å². The molecule has 2 amide bonds. The molecular formula is C19H20N2O4S. The summed E-state index contributed by atoms with van der Waals surface area (Å²) in [5, 5.41) is 3.60. The molecule has 1 unspecified atom stereocenters. The predicted molar refractivity (Wildman–Crippen MR) is 101 cm³/mol. The van der Waals surface area contributed by atoms with Crippen molar-refractivity contribution in [1.82, 2.24) is 10.0 Å². The molecule has 0 aliphatic rings. The summed E-state index contributed by atoms with van der Waals surface area (Å²) in [6.07, 6.45) is 1.24. The van der Waals surface area contributed by atoms with Crippen LogP contribution in [0.4, 0.5) is 0 Å². The standard InChI is InChI=1S/C19H20N2O4S/c1-15(20-19(23)17-10-6-3-7-11-17)14-18(22)21-26(24,25)13-12-16-8-4-2-5-9-16/h2-13,15H,14H2,1H3,(H,20,23)(H,21,22)/b13-12+. The van der Waals surface area contributed by atoms with Crippen LogP contribution in [0.2, 0.25) is 0 Å². The maximum atomic E-state index is 12.0. The monoisotopic (exact) mass is 372 g/mol. The van der Waals surface area contributed by atoms with Gasteiger partial charge in [0.05, 0.1) is 5.41 Å². The molecule has 0 aromatic heterocycles. The lowest BCUT2D eigenvalue weighted by Crippen LogP contribution is -2.38. The Morgan fingerprint density at radius 1 is 1.00 bits per heavy atom. The Labute approximate surface area is 153 Å². The molecule has 2 N–H and O–H groups in total. The molecule has 0 aliphatic carbocycles. The SMILES string of the molecule is CC(CC(=O)NS(=O)(=O)/C=C/c1ccccc1)NC(=O)c1ccccc1. The van der Waals surface area contributed by atoms with Crippen LogP contribution in [0.1, 0.15) is 29.3 Å². The molecule has 7 heteroatoms. The molecule has 1 atom stereocenters. The third kappa shape index (κ3) is 6.52. The molecule has 0 heterocycles. The summed E-state index contributed by atoms with van der Waals surface area (Å²) in [5.41, 5.74) is 1.17. The minimum atomic E-state index is -3.90. The van der Waals surface area contributed by atoms with Gasteiger partial charge in [-0.1, -0.05) is 48.5 Å². The van der Waals surface area contributed by atoms with Gasteiger partial charge in [-0.25, -0.2) is 13.1 Å². The van der Waals surface area contributed by atoms with Crippen LogP contribution in [0, 0.1) is 0 Å². The molecule has 26 heavy (non-hydrogen) atoms. The minimum absolute atomic E-state index is 0.156. The molecule has 0 saturated carbocycles. The second kappa shape index (κ2) is 8.96. The molecule has 0 fully saturated rings. The number of carbonyl (C=O) groups is 2. The average Bonchev–Trinajstić information content (AvgIpc) is 2.61. The first-order valence-corrected chi connectivity index (χ1v) is 9.55. The summed E-state index contributed by atoms with van der Waals surface area (Å²) in [5.74, 6) is -1.01. The zero-order valence-corrected chi connectivity index (χ0v) is 15.1. The van der Waals surface area contributed by atoms with Gasteiger partial charge < -0.3 is 5.32 Å². The summed E-state index contributed by atoms with van der Waals surface area (Å²) >= 11 is 0. The van der Waals surface area contributed by atoms with Crippen molar-refractivity contribution in [1.29, 1.82) is 0 Å². The average molecular weight is 372 g/mol. The van der Waals surface area contributed by atoms with Gasteiger partial charge in [0.2, 0.25) is 5.91 Å². The van der Waals surface area contributed by atoms with E-state index in [1.807, 2.05) is 10.8 Å². The first-order valence-electron chi connectivity index (χ1n) is 8.00. The predicted octanol–water partition coefficient (Wildman–Crippen LogP) is 2.31. The van der Waals surface area contributed by atoms with Gasteiger partial charge in [0.15, 0.2) is 0 Å². The van der Waals surface area contributed by atoms with Gasteiger partial charge in [-0.15, -0.1) is 0 Å². The second-order valence-electron chi connectivity index (χ2n) is 5.73. The van der Waals surface area contributed by atoms with Gasteiger partial charge in [0, 0.05) is 18.0 Å². The first-order chi connectivity index (χ1) is 12.4. The molecule has 0 bridgehead atoms. The Morgan fingerprint density at radius 3 is 2.19 bits per heavy atom. The first kappa shape index (κ1) is 19.4. The molecule has 0 radical (unpaired) electrons. The van der Waals surface area contributed by atoms with Crippen molar-refractivity contribution >= 4 is 27.9 Å². The fourth-order valence-electron chi connectivity index (χ4n) is 2.19. The molecule has 0 aliphatic heterocycles. The Balaban J connectivity index is 1.87. The van der Waals surface area contributed by atoms with Crippen LogP contribution in [-0.2, 0) is 14.8 Å². The molecular weight excluding hydrogens is 352 g/mol. The number of nitrogens with one attached hydrogen (secondary N) is 2. The summed E-state index contributed by atoms with van der Waals surface area (Å²) < 4.78 is 25.8. The van der Waals surface area contributed by atoms with Crippen LogP contribution >= 0.6 is 0 Å². The van der Waals surface area contributed by atoms with Gasteiger partial charge in [-0.3, -0.25) is 9.59 Å². The zero-order chi connectivity index (χ0) is 19.0. The topological polar surface area (TPSA) is 92.3 Å². The smallest absolute Gasteiger partial charge is 0.257 e. The summed E-state index contributed by atoms with van der Waals surface area (Å²) in [4.78, 5) is 23.9. The van der Waals surface area contributed by atoms with E-state index in [0.29, 0.717) is 11.1 Å². The normalized spacial score (nSPS) is 12.5. The van der Waals surface area contributed by atoms with Crippen molar-refractivity contribution in [2.45, 2.75) is 19.4 Å². The lowest BCUT2D eigenvalue weighted by Gasteiger charge is -2.13. The molecule has 2 aromatic rings. The van der Waals surface area contributed by atoms with Crippen molar-refractivity contribution in [3.63, 3.8) is 0 Å². The fraction of sp³-hybridized carbons (Fsp3) is 0.158. The number of benzene rings is 2. The molecule has 6 nitrogen and oxygen atoms in total. The van der Waals surface area contributed by atoms with Gasteiger partial charge in [0.1, 0.15) is 0 Å². The highest BCUT2D eigenvalue weighted by atomic mass is 32.2. The zero-order valence-electron chi connectivity index (χ0n) is 14.3. The Hall–Kier alpha value is -2.93. The summed E-state index contributed by atoms with van der Waals surface area (Å²) in [6, 6.07) is 16.9. The van der Waals surface area contributed by atoms with Crippen LogP contribution in [0.5, 0.6) is 0 Å². The largest absolute Gasteiger partial charge is 0.349 e. The lowest BCUT2D eigenvalue weighted by molar-refractivity contribution is -0.119. The van der Waals surface area contributed by atoms with Gasteiger partial charge in [-0.05, 0) is 30.7 Å². The summed E-state index contributed by atoms with van der Waals surface area (Å²) in [7, 11) is -3.90. The second-order valence-corrected chi connectivity index (χ2v) is 7.29. The highest BCUT2D eigenvalue weighted by Crippen LogP contribution is 2.04. The van der Waals surface area contributed by atoms with E-state index in [1.165, 1.54) is 6.08 Å². The van der Waals surface area contributed by atoms with E-state index in [0.717, 1.165) is 5.41 Å². The number of amides is 2. The Bertz CT molecular complexity index is 878. The number of hydrogen-bond acceptors (Lipinski definition) is 4. The van der Waals surface area contributed by atoms with Crippen LogP contribution in [0.3, 0.4) is 0 Å². The van der Waals surface area contributed by atoms with E-state index in [9.17, 15) is 18.0 Å². The molecule has 2 aromatic carbocycles. The number of rotatable bonds is 7. The van der Waals surface area contributed by atoms with E-state index in [-0.39, 0.29) is 12.3 Å². The van der Waals surface area contributed by atoms with E-state index in [4.69, 9.17) is 0 Å². The third-order valence-electron chi connectivity index (χ3n) is 3.40. The highest BCUT2D eigenvalue weighted by molar-refractivity contribution is 7.93. The molecule has 0 spiro atoms. The van der Waals surface area contributed by atoms with Crippen molar-refractivity contribution in [3.8, 4) is 0 Å². The lowest BCUT2D eigenvalue weighted by atomic mass is 10.2. The van der Waals surface area contributed by atoms with Crippen molar-refractivity contribution in [3.05, 3.63) is 77.2 Å². The third-order valence-corrected chi connectivity index (χ3v) is 4.41. The van der Waals surface area contributed by atoms with Crippen LogP contribution in [0.15, 0.2) is 66.1 Å². The van der Waals surface area contributed by atoms with Crippen molar-refractivity contribution in [2.24, 2.45) is 0 Å². The Morgan fingerprint density at radius 2 is 1.58 bits per heavy atom. The number of carbonyl (C=O) groups excluding carboxylic acids is 2. The number of hydrogen-bond donors (Lipinski definition) is 2. The van der Waals surface area contributed by atoms with Crippen molar-refractivity contribution in [2.75, 3.05) is 0 Å². The highest BCUT2D eigenvalue weighted by Gasteiger charge is 2.16. The molecule has 2 rings (SSSR count). The fourth-order valence-corrected chi connectivity index (χ4v) is 3.00. The van der Waals surface area contributed by atoms with Crippen LogP contribution < -0.4 is 10.0 Å². The van der Waals surface area contributed by atoms with E-state index >= 15 is 0 Å². The van der Waals surface area contributed by atoms with Crippen molar-refractivity contribution < 1.29 is 18.0 Å². The van der Waals surface area contributed by atoms with Gasteiger partial charge >= 0.3 is 0 Å². The quantitative estimate of drug-likeness (QED) is 0.780. The Kier molecular flexibility index (Phi) is 6.68. The summed E-state index contributed by atoms with van der Waals surface area (Å²) in [6.45, 7) is 1.63. The van der Waals surface area contributed by atoms with E-state index in [1.54, 1.807) is 61.5 Å².